The van der Waals surface area contributed by atoms with Crippen LogP contribution >= 0.6 is 11.6 Å². The van der Waals surface area contributed by atoms with Crippen molar-refractivity contribution in [2.75, 3.05) is 13.2 Å². The number of hydrogen-bond donors (Lipinski definition) is 1. The van der Waals surface area contributed by atoms with Crippen LogP contribution in [-0.4, -0.2) is 19.3 Å². The topological polar surface area (TPSA) is 21.3 Å². The zero-order valence-electron chi connectivity index (χ0n) is 9.58. The molecule has 88 valence electrons. The van der Waals surface area contributed by atoms with Gasteiger partial charge in [-0.25, -0.2) is 0 Å². The number of benzene rings is 1. The molecule has 0 bridgehead atoms. The van der Waals surface area contributed by atoms with E-state index in [1.54, 1.807) is 0 Å². The lowest BCUT2D eigenvalue weighted by Crippen LogP contribution is -2.38. The molecule has 1 aromatic carbocycles. The van der Waals surface area contributed by atoms with E-state index in [4.69, 9.17) is 16.3 Å². The molecule has 2 nitrogen and oxygen atoms in total. The minimum atomic E-state index is 0.351. The Morgan fingerprint density at radius 1 is 1.38 bits per heavy atom. The second-order valence-electron chi connectivity index (χ2n) is 4.35. The number of ether oxygens (including phenoxy) is 1. The van der Waals surface area contributed by atoms with Crippen LogP contribution in [0, 0.1) is 0 Å². The van der Waals surface area contributed by atoms with E-state index < -0.39 is 0 Å². The molecule has 3 heteroatoms. The van der Waals surface area contributed by atoms with Gasteiger partial charge in [0, 0.05) is 23.7 Å². The zero-order valence-corrected chi connectivity index (χ0v) is 10.3. The van der Waals surface area contributed by atoms with Crippen LogP contribution in [0.3, 0.4) is 0 Å². The molecule has 1 aromatic rings. The lowest BCUT2D eigenvalue weighted by Gasteiger charge is -2.27. The van der Waals surface area contributed by atoms with Crippen molar-refractivity contribution in [2.45, 2.75) is 31.8 Å². The van der Waals surface area contributed by atoms with Crippen molar-refractivity contribution >= 4 is 11.6 Å². The Labute approximate surface area is 102 Å². The molecule has 0 radical (unpaired) electrons. The van der Waals surface area contributed by atoms with E-state index in [2.05, 4.69) is 24.4 Å². The average molecular weight is 240 g/mol. The van der Waals surface area contributed by atoms with E-state index in [-0.39, 0.29) is 0 Å². The lowest BCUT2D eigenvalue weighted by molar-refractivity contribution is 0.0671. The Hall–Kier alpha value is -0.570. The average Bonchev–Trinajstić information content (AvgIpc) is 2.31. The van der Waals surface area contributed by atoms with Crippen LogP contribution in [0.2, 0.25) is 5.02 Å². The molecule has 1 aliphatic heterocycles. The van der Waals surface area contributed by atoms with Crippen LogP contribution in [0.1, 0.15) is 31.4 Å². The second-order valence-corrected chi connectivity index (χ2v) is 4.79. The third-order valence-corrected chi connectivity index (χ3v) is 3.27. The summed E-state index contributed by atoms with van der Waals surface area (Å²) >= 11 is 5.87. The van der Waals surface area contributed by atoms with E-state index >= 15 is 0 Å². The van der Waals surface area contributed by atoms with Crippen molar-refractivity contribution in [1.29, 1.82) is 0 Å². The van der Waals surface area contributed by atoms with E-state index in [0.717, 1.165) is 24.7 Å². The maximum Gasteiger partial charge on any atom is 0.0619 e. The summed E-state index contributed by atoms with van der Waals surface area (Å²) in [4.78, 5) is 0. The predicted octanol–water partition coefficient (Wildman–Crippen LogP) is 3.17. The van der Waals surface area contributed by atoms with Gasteiger partial charge in [0.25, 0.3) is 0 Å². The quantitative estimate of drug-likeness (QED) is 0.875. The smallest absolute Gasteiger partial charge is 0.0619 e. The van der Waals surface area contributed by atoms with Crippen LogP contribution in [0.4, 0.5) is 0 Å². The number of hydrogen-bond acceptors (Lipinski definition) is 2. The normalized spacial score (nSPS) is 23.0. The van der Waals surface area contributed by atoms with Crippen molar-refractivity contribution in [3.05, 3.63) is 34.9 Å². The third kappa shape index (κ3) is 3.21. The first-order chi connectivity index (χ1) is 7.75. The highest BCUT2D eigenvalue weighted by atomic mass is 35.5. The molecular weight excluding hydrogens is 222 g/mol. The van der Waals surface area contributed by atoms with Crippen molar-refractivity contribution in [2.24, 2.45) is 0 Å². The highest BCUT2D eigenvalue weighted by molar-refractivity contribution is 6.30. The SMILES string of the molecule is C[C@@H](NC1CCCOC1)c1ccc(Cl)cc1. The van der Waals surface area contributed by atoms with Crippen LogP contribution in [0.5, 0.6) is 0 Å². The van der Waals surface area contributed by atoms with E-state index in [9.17, 15) is 0 Å². The molecule has 0 aromatic heterocycles. The van der Waals surface area contributed by atoms with Gasteiger partial charge in [0.2, 0.25) is 0 Å². The molecule has 0 spiro atoms. The van der Waals surface area contributed by atoms with Crippen LogP contribution in [-0.2, 0) is 4.74 Å². The molecule has 1 unspecified atom stereocenters. The summed E-state index contributed by atoms with van der Waals surface area (Å²) in [5, 5.41) is 4.38. The molecule has 2 rings (SSSR count). The van der Waals surface area contributed by atoms with Gasteiger partial charge in [0.15, 0.2) is 0 Å². The molecule has 1 heterocycles. The number of nitrogens with one attached hydrogen (secondary N) is 1. The first kappa shape index (κ1) is 11.9. The maximum atomic E-state index is 5.87. The van der Waals surface area contributed by atoms with E-state index in [1.165, 1.54) is 12.0 Å². The van der Waals surface area contributed by atoms with Crippen LogP contribution in [0.15, 0.2) is 24.3 Å². The van der Waals surface area contributed by atoms with Gasteiger partial charge in [0.1, 0.15) is 0 Å². The highest BCUT2D eigenvalue weighted by Gasteiger charge is 2.16. The molecule has 0 amide bonds. The van der Waals surface area contributed by atoms with Crippen molar-refractivity contribution in [3.8, 4) is 0 Å². The first-order valence-electron chi connectivity index (χ1n) is 5.85. The van der Waals surface area contributed by atoms with Gasteiger partial charge < -0.3 is 10.1 Å². The van der Waals surface area contributed by atoms with Gasteiger partial charge in [-0.1, -0.05) is 23.7 Å². The molecule has 16 heavy (non-hydrogen) atoms. The molecule has 1 saturated heterocycles. The van der Waals surface area contributed by atoms with Crippen LogP contribution < -0.4 is 5.32 Å². The maximum absolute atomic E-state index is 5.87. The predicted molar refractivity (Wildman–Crippen MR) is 66.8 cm³/mol. The van der Waals surface area contributed by atoms with Gasteiger partial charge in [-0.3, -0.25) is 0 Å². The third-order valence-electron chi connectivity index (χ3n) is 3.02. The molecule has 1 fully saturated rings. The number of rotatable bonds is 3. The zero-order chi connectivity index (χ0) is 11.4. The summed E-state index contributed by atoms with van der Waals surface area (Å²) in [7, 11) is 0. The Bertz CT molecular complexity index is 319. The molecule has 0 saturated carbocycles. The molecule has 1 N–H and O–H groups in total. The van der Waals surface area contributed by atoms with Gasteiger partial charge in [-0.15, -0.1) is 0 Å². The minimum absolute atomic E-state index is 0.351. The monoisotopic (exact) mass is 239 g/mol. The van der Waals surface area contributed by atoms with Gasteiger partial charge >= 0.3 is 0 Å². The lowest BCUT2D eigenvalue weighted by atomic mass is 10.1. The molecular formula is C13H18ClNO. The fourth-order valence-electron chi connectivity index (χ4n) is 2.07. The standard InChI is InChI=1S/C13H18ClNO/c1-10(11-4-6-12(14)7-5-11)15-13-3-2-8-16-9-13/h4-7,10,13,15H,2-3,8-9H2,1H3/t10-,13?/m1/s1. The molecule has 1 aliphatic rings. The molecule has 2 atom stereocenters. The fraction of sp³-hybridized carbons (Fsp3) is 0.538. The van der Waals surface area contributed by atoms with Crippen molar-refractivity contribution in [1.82, 2.24) is 5.32 Å². The van der Waals surface area contributed by atoms with Crippen molar-refractivity contribution < 1.29 is 4.74 Å². The highest BCUT2D eigenvalue weighted by Crippen LogP contribution is 2.18. The summed E-state index contributed by atoms with van der Waals surface area (Å²) in [5.41, 5.74) is 1.27. The largest absolute Gasteiger partial charge is 0.380 e. The minimum Gasteiger partial charge on any atom is -0.380 e. The van der Waals surface area contributed by atoms with E-state index in [1.807, 2.05) is 12.1 Å². The van der Waals surface area contributed by atoms with Gasteiger partial charge in [-0.2, -0.15) is 0 Å². The summed E-state index contributed by atoms with van der Waals surface area (Å²) in [6.07, 6.45) is 2.36. The van der Waals surface area contributed by atoms with Crippen LogP contribution in [0.25, 0.3) is 0 Å². The first-order valence-corrected chi connectivity index (χ1v) is 6.23. The number of halogens is 1. The van der Waals surface area contributed by atoms with Gasteiger partial charge in [0.05, 0.1) is 6.61 Å². The fourth-order valence-corrected chi connectivity index (χ4v) is 2.20. The Balaban J connectivity index is 1.91. The molecule has 0 aliphatic carbocycles. The summed E-state index contributed by atoms with van der Waals surface area (Å²) in [5.74, 6) is 0. The Morgan fingerprint density at radius 2 is 2.12 bits per heavy atom. The van der Waals surface area contributed by atoms with E-state index in [0.29, 0.717) is 12.1 Å². The van der Waals surface area contributed by atoms with Crippen molar-refractivity contribution in [3.63, 3.8) is 0 Å². The summed E-state index contributed by atoms with van der Waals surface area (Å²) < 4.78 is 5.45. The van der Waals surface area contributed by atoms with Gasteiger partial charge in [-0.05, 0) is 37.5 Å². The Kier molecular flexibility index (Phi) is 4.22. The second kappa shape index (κ2) is 5.67. The Morgan fingerprint density at radius 3 is 2.75 bits per heavy atom. The summed E-state index contributed by atoms with van der Waals surface area (Å²) in [6.45, 7) is 3.92. The summed E-state index contributed by atoms with van der Waals surface area (Å²) in [6, 6.07) is 8.86.